The van der Waals surface area contributed by atoms with Crippen molar-refractivity contribution in [2.45, 2.75) is 19.4 Å². The molecule has 0 radical (unpaired) electrons. The Balaban J connectivity index is 1.77. The number of thiazole rings is 1. The van der Waals surface area contributed by atoms with Gasteiger partial charge >= 0.3 is 6.09 Å². The molecule has 0 spiro atoms. The molecule has 0 saturated carbocycles. The van der Waals surface area contributed by atoms with E-state index >= 15 is 0 Å². The molecule has 1 aromatic heterocycles. The van der Waals surface area contributed by atoms with Crippen LogP contribution in [-0.4, -0.2) is 29.6 Å². The maximum absolute atomic E-state index is 14.3. The van der Waals surface area contributed by atoms with Crippen molar-refractivity contribution >= 4 is 45.8 Å². The predicted octanol–water partition coefficient (Wildman–Crippen LogP) is 3.92. The van der Waals surface area contributed by atoms with E-state index in [1.54, 1.807) is 0 Å². The number of anilines is 2. The minimum atomic E-state index is -0.736. The van der Waals surface area contributed by atoms with E-state index in [4.69, 9.17) is 16.3 Å². The number of carbonyl (C=O) groups is 2. The first-order chi connectivity index (χ1) is 11.5. The van der Waals surface area contributed by atoms with Crippen LogP contribution in [0.2, 0.25) is 4.34 Å². The quantitative estimate of drug-likeness (QED) is 0.886. The Hall–Kier alpha value is -2.19. The molecule has 1 aliphatic heterocycles. The van der Waals surface area contributed by atoms with Gasteiger partial charge in [-0.3, -0.25) is 15.0 Å². The molecule has 24 heavy (non-hydrogen) atoms. The lowest BCUT2D eigenvalue weighted by Crippen LogP contribution is -2.25. The van der Waals surface area contributed by atoms with Crippen LogP contribution in [0.5, 0.6) is 0 Å². The molecule has 3 rings (SSSR count). The smallest absolute Gasteiger partial charge is 0.414 e. The molecule has 1 aliphatic rings. The maximum atomic E-state index is 14.3. The van der Waals surface area contributed by atoms with Gasteiger partial charge in [-0.05, 0) is 24.6 Å². The molecule has 2 heterocycles. The van der Waals surface area contributed by atoms with Gasteiger partial charge in [-0.2, -0.15) is 0 Å². The Kier molecular flexibility index (Phi) is 4.68. The van der Waals surface area contributed by atoms with Crippen molar-refractivity contribution in [2.24, 2.45) is 0 Å². The zero-order chi connectivity index (χ0) is 17.3. The second-order valence-corrected chi connectivity index (χ2v) is 6.77. The molecule has 0 unspecified atom stereocenters. The number of benzene rings is 1. The summed E-state index contributed by atoms with van der Waals surface area (Å²) in [5, 5.41) is 2.75. The Morgan fingerprint density at radius 1 is 1.58 bits per heavy atom. The number of rotatable bonds is 4. The second kappa shape index (κ2) is 6.74. The molecule has 0 bridgehead atoms. The van der Waals surface area contributed by atoms with Gasteiger partial charge < -0.3 is 4.74 Å². The van der Waals surface area contributed by atoms with E-state index in [9.17, 15) is 14.0 Å². The molecule has 0 aliphatic carbocycles. The van der Waals surface area contributed by atoms with Crippen molar-refractivity contribution in [3.05, 3.63) is 40.1 Å². The van der Waals surface area contributed by atoms with Gasteiger partial charge in [0.05, 0.1) is 24.0 Å². The summed E-state index contributed by atoms with van der Waals surface area (Å²) in [7, 11) is 0. The van der Waals surface area contributed by atoms with Crippen molar-refractivity contribution in [2.75, 3.05) is 16.8 Å². The molecular weight excluding hydrogens is 357 g/mol. The third-order valence-corrected chi connectivity index (χ3v) is 4.57. The van der Waals surface area contributed by atoms with Gasteiger partial charge in [0.15, 0.2) is 5.13 Å². The fraction of sp³-hybridized carbons (Fsp3) is 0.267. The van der Waals surface area contributed by atoms with E-state index in [2.05, 4.69) is 10.3 Å². The molecule has 1 atom stereocenters. The molecule has 6 nitrogen and oxygen atoms in total. The zero-order valence-corrected chi connectivity index (χ0v) is 14.2. The summed E-state index contributed by atoms with van der Waals surface area (Å²) in [6, 6.07) is 3.97. The van der Waals surface area contributed by atoms with Gasteiger partial charge in [0.25, 0.3) is 5.91 Å². The number of hydrogen-bond donors (Lipinski definition) is 1. The number of carbonyl (C=O) groups excluding carboxylic acids is 2. The lowest BCUT2D eigenvalue weighted by molar-refractivity contribution is 0.102. The van der Waals surface area contributed by atoms with Gasteiger partial charge in [-0.15, -0.1) is 0 Å². The molecule has 126 valence electrons. The van der Waals surface area contributed by atoms with Crippen LogP contribution in [0.3, 0.4) is 0 Å². The van der Waals surface area contributed by atoms with Crippen LogP contribution in [-0.2, 0) is 4.74 Å². The lowest BCUT2D eigenvalue weighted by atomic mass is 10.1. The SMILES string of the molecule is CC[C@H]1CN(c2ccc(C(=O)Nc3ncc(Cl)s3)c(F)c2)C(=O)O1. The van der Waals surface area contributed by atoms with Gasteiger partial charge in [-0.25, -0.2) is 14.2 Å². The molecular formula is C15H13ClFN3O3S. The number of aromatic nitrogens is 1. The van der Waals surface area contributed by atoms with Crippen LogP contribution < -0.4 is 10.2 Å². The van der Waals surface area contributed by atoms with E-state index in [1.165, 1.54) is 23.2 Å². The molecule has 1 fully saturated rings. The highest BCUT2D eigenvalue weighted by Gasteiger charge is 2.31. The summed E-state index contributed by atoms with van der Waals surface area (Å²) in [6.45, 7) is 2.26. The first-order valence-corrected chi connectivity index (χ1v) is 8.37. The minimum Gasteiger partial charge on any atom is -0.444 e. The number of amides is 2. The predicted molar refractivity (Wildman–Crippen MR) is 89.4 cm³/mol. The van der Waals surface area contributed by atoms with Crippen molar-refractivity contribution in [1.29, 1.82) is 0 Å². The topological polar surface area (TPSA) is 71.5 Å². The molecule has 2 amide bonds. The van der Waals surface area contributed by atoms with E-state index in [0.29, 0.717) is 23.0 Å². The van der Waals surface area contributed by atoms with Gasteiger partial charge in [0.1, 0.15) is 16.3 Å². The van der Waals surface area contributed by atoms with E-state index in [1.807, 2.05) is 6.92 Å². The van der Waals surface area contributed by atoms with Crippen molar-refractivity contribution in [3.8, 4) is 0 Å². The molecule has 9 heteroatoms. The van der Waals surface area contributed by atoms with Gasteiger partial charge in [0.2, 0.25) is 0 Å². The summed E-state index contributed by atoms with van der Waals surface area (Å²) in [4.78, 5) is 29.1. The summed E-state index contributed by atoms with van der Waals surface area (Å²) in [5.41, 5.74) is 0.201. The lowest BCUT2D eigenvalue weighted by Gasteiger charge is -2.14. The first-order valence-electron chi connectivity index (χ1n) is 7.18. The largest absolute Gasteiger partial charge is 0.444 e. The Bertz CT molecular complexity index is 798. The average Bonchev–Trinajstić information content (AvgIpc) is 3.12. The summed E-state index contributed by atoms with van der Waals surface area (Å²) in [6.07, 6.45) is 1.35. The highest BCUT2D eigenvalue weighted by molar-refractivity contribution is 7.19. The Labute approximate surface area is 146 Å². The van der Waals surface area contributed by atoms with Crippen molar-refractivity contribution in [3.63, 3.8) is 0 Å². The van der Waals surface area contributed by atoms with Crippen LogP contribution in [0, 0.1) is 5.82 Å². The maximum Gasteiger partial charge on any atom is 0.414 e. The summed E-state index contributed by atoms with van der Waals surface area (Å²) < 4.78 is 19.8. The van der Waals surface area contributed by atoms with E-state index in [-0.39, 0.29) is 16.8 Å². The normalized spacial score (nSPS) is 17.0. The number of hydrogen-bond acceptors (Lipinski definition) is 5. The van der Waals surface area contributed by atoms with Crippen LogP contribution in [0.1, 0.15) is 23.7 Å². The second-order valence-electron chi connectivity index (χ2n) is 5.11. The Morgan fingerprint density at radius 2 is 2.38 bits per heavy atom. The number of cyclic esters (lactones) is 1. The molecule has 1 saturated heterocycles. The monoisotopic (exact) mass is 369 g/mol. The minimum absolute atomic E-state index is 0.148. The Morgan fingerprint density at radius 3 is 2.96 bits per heavy atom. The van der Waals surface area contributed by atoms with E-state index < -0.39 is 17.8 Å². The van der Waals surface area contributed by atoms with Crippen molar-refractivity contribution < 1.29 is 18.7 Å². The van der Waals surface area contributed by atoms with E-state index in [0.717, 1.165) is 17.4 Å². The first kappa shape index (κ1) is 16.7. The highest BCUT2D eigenvalue weighted by atomic mass is 35.5. The van der Waals surface area contributed by atoms with Crippen molar-refractivity contribution in [1.82, 2.24) is 4.98 Å². The molecule has 1 aromatic carbocycles. The standard InChI is InChI=1S/C15H13ClFN3O3S/c1-2-9-7-20(15(22)23-9)8-3-4-10(11(17)5-8)13(21)19-14-18-6-12(16)24-14/h3-6,9H,2,7H2,1H3,(H,18,19,21)/t9-/m0/s1. The molecule has 1 N–H and O–H groups in total. The fourth-order valence-corrected chi connectivity index (χ4v) is 3.08. The number of halogens is 2. The number of nitrogens with one attached hydrogen (secondary N) is 1. The van der Waals surface area contributed by atoms with Crippen LogP contribution in [0.4, 0.5) is 20.0 Å². The van der Waals surface area contributed by atoms with Gasteiger partial charge in [0, 0.05) is 0 Å². The summed E-state index contributed by atoms with van der Waals surface area (Å²) >= 11 is 6.81. The highest BCUT2D eigenvalue weighted by Crippen LogP contribution is 2.26. The van der Waals surface area contributed by atoms with Gasteiger partial charge in [-0.1, -0.05) is 29.9 Å². The summed E-state index contributed by atoms with van der Waals surface area (Å²) in [5.74, 6) is -1.37. The zero-order valence-electron chi connectivity index (χ0n) is 12.6. The third kappa shape index (κ3) is 3.34. The molecule has 2 aromatic rings. The van der Waals surface area contributed by atoms with Crippen LogP contribution in [0.25, 0.3) is 0 Å². The van der Waals surface area contributed by atoms with Crippen LogP contribution in [0.15, 0.2) is 24.4 Å². The third-order valence-electron chi connectivity index (χ3n) is 3.54. The van der Waals surface area contributed by atoms with Crippen LogP contribution >= 0.6 is 22.9 Å². The number of ether oxygens (including phenoxy) is 1. The fourth-order valence-electron chi connectivity index (χ4n) is 2.28. The number of nitrogens with zero attached hydrogens (tertiary/aromatic N) is 2. The average molecular weight is 370 g/mol.